The zero-order valence-electron chi connectivity index (χ0n) is 14.4. The minimum absolute atomic E-state index is 0.0283. The highest BCUT2D eigenvalue weighted by Gasteiger charge is 2.37. The van der Waals surface area contributed by atoms with Gasteiger partial charge in [-0.25, -0.2) is 9.97 Å². The summed E-state index contributed by atoms with van der Waals surface area (Å²) in [6, 6.07) is 9.65. The average Bonchev–Trinajstić information content (AvgIpc) is 3.39. The maximum absolute atomic E-state index is 13.2. The lowest BCUT2D eigenvalue weighted by Gasteiger charge is -2.16. The predicted molar refractivity (Wildman–Crippen MR) is 111 cm³/mol. The first-order chi connectivity index (χ1) is 13.6. The van der Waals surface area contributed by atoms with Gasteiger partial charge in [0.2, 0.25) is 5.95 Å². The van der Waals surface area contributed by atoms with Crippen molar-refractivity contribution < 1.29 is 4.79 Å². The number of nitrogens with zero attached hydrogens (tertiary/aromatic N) is 4. The second-order valence-corrected chi connectivity index (χ2v) is 7.54. The number of halogens is 1. The number of hydrogen-bond acceptors (Lipinski definition) is 6. The van der Waals surface area contributed by atoms with Crippen LogP contribution in [0.25, 0.3) is 21.9 Å². The normalized spacial score (nSPS) is 15.0. The first-order valence-electron chi connectivity index (χ1n) is 8.42. The fraction of sp³-hybridized carbons (Fsp3) is 0.0526. The Balaban J connectivity index is 1.61. The van der Waals surface area contributed by atoms with Gasteiger partial charge in [-0.15, -0.1) is 11.3 Å². The van der Waals surface area contributed by atoms with Crippen LogP contribution < -0.4 is 10.6 Å². The summed E-state index contributed by atoms with van der Waals surface area (Å²) < 4.78 is 1.06. The van der Waals surface area contributed by atoms with Gasteiger partial charge < -0.3 is 10.7 Å². The van der Waals surface area contributed by atoms with Gasteiger partial charge in [0, 0.05) is 11.9 Å². The number of fused-ring (bicyclic) bond motifs is 2. The van der Waals surface area contributed by atoms with Crippen LogP contribution in [-0.2, 0) is 11.3 Å². The molecule has 28 heavy (non-hydrogen) atoms. The lowest BCUT2D eigenvalue weighted by atomic mass is 10.1. The second-order valence-electron chi connectivity index (χ2n) is 6.30. The summed E-state index contributed by atoms with van der Waals surface area (Å²) in [5, 5.41) is 0.161. The molecule has 0 unspecified atom stereocenters. The molecule has 3 aromatic heterocycles. The number of aromatic nitrogens is 4. The standard InChI is InChI=1S/C19H13ClN6OS/c20-16-15-12(7-11-2-1-5-22-11)18(27)26(17(15)25-19(21)24-16)8-10-3-4-13-14(6-10)28-9-23-13/h1-7,9,22H,8H2,(H2,21,24,25). The molecule has 1 aliphatic heterocycles. The Kier molecular flexibility index (Phi) is 3.88. The van der Waals surface area contributed by atoms with Gasteiger partial charge in [0.1, 0.15) is 5.15 Å². The monoisotopic (exact) mass is 408 g/mol. The number of rotatable bonds is 3. The molecule has 0 fully saturated rings. The number of benzene rings is 1. The van der Waals surface area contributed by atoms with Gasteiger partial charge in [0.15, 0.2) is 5.82 Å². The molecular formula is C19H13ClN6OS. The number of nitrogen functional groups attached to an aromatic ring is 1. The number of carbonyl (C=O) groups is 1. The third kappa shape index (κ3) is 2.74. The number of nitrogens with one attached hydrogen (secondary N) is 1. The third-order valence-electron chi connectivity index (χ3n) is 4.52. The van der Waals surface area contributed by atoms with E-state index in [9.17, 15) is 4.79 Å². The summed E-state index contributed by atoms with van der Waals surface area (Å²) >= 11 is 7.90. The minimum atomic E-state index is -0.198. The Labute approximate surface area is 168 Å². The van der Waals surface area contributed by atoms with E-state index in [1.165, 1.54) is 0 Å². The number of H-pyrrole nitrogens is 1. The van der Waals surface area contributed by atoms with Crippen molar-refractivity contribution in [3.05, 3.63) is 64.0 Å². The Morgan fingerprint density at radius 1 is 1.29 bits per heavy atom. The van der Waals surface area contributed by atoms with Crippen LogP contribution in [0.1, 0.15) is 16.8 Å². The zero-order valence-corrected chi connectivity index (χ0v) is 16.0. The van der Waals surface area contributed by atoms with Gasteiger partial charge in [-0.3, -0.25) is 9.69 Å². The lowest BCUT2D eigenvalue weighted by Crippen LogP contribution is -2.26. The first kappa shape index (κ1) is 16.9. The zero-order chi connectivity index (χ0) is 19.3. The molecule has 3 N–H and O–H groups in total. The molecule has 4 aromatic rings. The summed E-state index contributed by atoms with van der Waals surface area (Å²) in [4.78, 5) is 30.5. The van der Waals surface area contributed by atoms with E-state index in [-0.39, 0.29) is 17.0 Å². The number of anilines is 2. The molecule has 0 saturated carbocycles. The number of amides is 1. The molecule has 0 radical (unpaired) electrons. The molecule has 1 aliphatic rings. The molecule has 7 nitrogen and oxygen atoms in total. The van der Waals surface area contributed by atoms with Gasteiger partial charge in [0.25, 0.3) is 5.91 Å². The van der Waals surface area contributed by atoms with E-state index >= 15 is 0 Å². The van der Waals surface area contributed by atoms with Crippen LogP contribution in [0.2, 0.25) is 5.15 Å². The van der Waals surface area contributed by atoms with Gasteiger partial charge >= 0.3 is 0 Å². The lowest BCUT2D eigenvalue weighted by molar-refractivity contribution is -0.113. The minimum Gasteiger partial charge on any atom is -0.368 e. The number of thiazole rings is 1. The highest BCUT2D eigenvalue weighted by Crippen LogP contribution is 2.41. The second kappa shape index (κ2) is 6.43. The molecule has 4 heterocycles. The smallest absolute Gasteiger partial charge is 0.260 e. The third-order valence-corrected chi connectivity index (χ3v) is 5.59. The van der Waals surface area contributed by atoms with E-state index in [2.05, 4.69) is 19.9 Å². The topological polar surface area (TPSA) is 101 Å². The van der Waals surface area contributed by atoms with Crippen LogP contribution in [0.15, 0.2) is 42.0 Å². The van der Waals surface area contributed by atoms with Crippen LogP contribution in [-0.4, -0.2) is 25.8 Å². The number of nitrogens with two attached hydrogens (primary N) is 1. The van der Waals surface area contributed by atoms with Crippen molar-refractivity contribution in [2.24, 2.45) is 0 Å². The van der Waals surface area contributed by atoms with E-state index in [1.54, 1.807) is 34.0 Å². The predicted octanol–water partition coefficient (Wildman–Crippen LogP) is 3.74. The van der Waals surface area contributed by atoms with E-state index in [4.69, 9.17) is 17.3 Å². The Bertz CT molecular complexity index is 1250. The molecule has 0 spiro atoms. The maximum Gasteiger partial charge on any atom is 0.260 e. The van der Waals surface area contributed by atoms with Gasteiger partial charge in [-0.1, -0.05) is 17.7 Å². The summed E-state index contributed by atoms with van der Waals surface area (Å²) in [5.41, 5.74) is 11.2. The van der Waals surface area contributed by atoms with E-state index < -0.39 is 0 Å². The quantitative estimate of drug-likeness (QED) is 0.397. The highest BCUT2D eigenvalue weighted by molar-refractivity contribution is 7.16. The van der Waals surface area contributed by atoms with Crippen molar-refractivity contribution >= 4 is 62.5 Å². The highest BCUT2D eigenvalue weighted by atomic mass is 35.5. The molecule has 1 amide bonds. The fourth-order valence-corrected chi connectivity index (χ4v) is 4.28. The van der Waals surface area contributed by atoms with Gasteiger partial charge in [-0.2, -0.15) is 4.98 Å². The number of hydrogen-bond donors (Lipinski definition) is 2. The van der Waals surface area contributed by atoms with Crippen LogP contribution in [0.5, 0.6) is 0 Å². The molecule has 0 atom stereocenters. The van der Waals surface area contributed by atoms with Crippen molar-refractivity contribution in [3.63, 3.8) is 0 Å². The van der Waals surface area contributed by atoms with E-state index in [0.29, 0.717) is 23.5 Å². The van der Waals surface area contributed by atoms with Crippen LogP contribution in [0.3, 0.4) is 0 Å². The molecular weight excluding hydrogens is 396 g/mol. The molecule has 5 rings (SSSR count). The molecule has 0 bridgehead atoms. The first-order valence-corrected chi connectivity index (χ1v) is 9.68. The number of carbonyl (C=O) groups excluding carboxylic acids is 1. The van der Waals surface area contributed by atoms with Crippen molar-refractivity contribution in [2.45, 2.75) is 6.54 Å². The maximum atomic E-state index is 13.2. The van der Waals surface area contributed by atoms with Gasteiger partial charge in [-0.05, 0) is 35.9 Å². The average molecular weight is 409 g/mol. The molecule has 1 aromatic carbocycles. The SMILES string of the molecule is Nc1nc(Cl)c2c(n1)N(Cc1ccc3ncsc3c1)C(=O)C2=Cc1ccc[nH]1. The van der Waals surface area contributed by atoms with Crippen LogP contribution in [0.4, 0.5) is 11.8 Å². The van der Waals surface area contributed by atoms with E-state index in [0.717, 1.165) is 21.5 Å². The summed E-state index contributed by atoms with van der Waals surface area (Å²) in [6.07, 6.45) is 3.54. The Morgan fingerprint density at radius 3 is 3.00 bits per heavy atom. The Hall–Kier alpha value is -3.23. The van der Waals surface area contributed by atoms with Crippen molar-refractivity contribution in [3.8, 4) is 0 Å². The molecule has 0 saturated heterocycles. The van der Waals surface area contributed by atoms with Crippen LogP contribution in [0, 0.1) is 0 Å². The van der Waals surface area contributed by atoms with Crippen LogP contribution >= 0.6 is 22.9 Å². The Morgan fingerprint density at radius 2 is 2.18 bits per heavy atom. The largest absolute Gasteiger partial charge is 0.368 e. The number of aromatic amines is 1. The van der Waals surface area contributed by atoms with Crippen molar-refractivity contribution in [2.75, 3.05) is 10.6 Å². The van der Waals surface area contributed by atoms with Crippen molar-refractivity contribution in [1.29, 1.82) is 0 Å². The summed E-state index contributed by atoms with van der Waals surface area (Å²) in [6.45, 7) is 0.342. The van der Waals surface area contributed by atoms with Crippen molar-refractivity contribution in [1.82, 2.24) is 19.9 Å². The fourth-order valence-electron chi connectivity index (χ4n) is 3.26. The molecule has 9 heteroatoms. The summed E-state index contributed by atoms with van der Waals surface area (Å²) in [7, 11) is 0. The molecule has 0 aliphatic carbocycles. The van der Waals surface area contributed by atoms with Gasteiger partial charge in [0.05, 0.1) is 33.4 Å². The molecule has 138 valence electrons. The summed E-state index contributed by atoms with van der Waals surface area (Å²) in [5.74, 6) is 0.251. The van der Waals surface area contributed by atoms with E-state index in [1.807, 2.05) is 30.3 Å².